The first-order valence-corrected chi connectivity index (χ1v) is 7.46. The van der Waals surface area contributed by atoms with Crippen LogP contribution in [0.2, 0.25) is 0 Å². The highest BCUT2D eigenvalue weighted by molar-refractivity contribution is 7.98. The van der Waals surface area contributed by atoms with Crippen LogP contribution in [0.3, 0.4) is 0 Å². The number of amides is 1. The number of aliphatic hydroxyl groups is 1. The average molecular weight is 260 g/mol. The van der Waals surface area contributed by atoms with E-state index in [1.807, 2.05) is 13.2 Å². The van der Waals surface area contributed by atoms with E-state index in [1.165, 1.54) is 0 Å². The van der Waals surface area contributed by atoms with Crippen LogP contribution in [0.1, 0.15) is 33.1 Å². The van der Waals surface area contributed by atoms with Gasteiger partial charge in [0.25, 0.3) is 0 Å². The van der Waals surface area contributed by atoms with Crippen LogP contribution in [0.25, 0.3) is 0 Å². The lowest BCUT2D eigenvalue weighted by atomic mass is 9.84. The van der Waals surface area contributed by atoms with E-state index in [0.29, 0.717) is 5.75 Å². The van der Waals surface area contributed by atoms with Gasteiger partial charge in [0, 0.05) is 18.3 Å². The van der Waals surface area contributed by atoms with Crippen molar-refractivity contribution < 1.29 is 9.90 Å². The third-order valence-electron chi connectivity index (χ3n) is 3.63. The van der Waals surface area contributed by atoms with Gasteiger partial charge in [-0.3, -0.25) is 4.79 Å². The number of thioether (sulfide) groups is 1. The minimum atomic E-state index is -0.853. The Kier molecular flexibility index (Phi) is 4.86. The Hall–Kier alpha value is -0.260. The number of nitrogens with two attached hydrogens (primary N) is 1. The second-order valence-corrected chi connectivity index (χ2v) is 6.39. The van der Waals surface area contributed by atoms with Gasteiger partial charge in [0.1, 0.15) is 0 Å². The van der Waals surface area contributed by atoms with Crippen molar-refractivity contribution in [3.05, 3.63) is 0 Å². The largest absolute Gasteiger partial charge is 0.387 e. The molecular formula is C12H24N2O2S. The number of nitrogens with one attached hydrogen (secondary N) is 1. The molecule has 0 radical (unpaired) electrons. The predicted molar refractivity (Wildman–Crippen MR) is 71.9 cm³/mol. The van der Waals surface area contributed by atoms with Crippen LogP contribution in [0, 0.1) is 5.41 Å². The highest BCUT2D eigenvalue weighted by Crippen LogP contribution is 2.36. The Balaban J connectivity index is 2.50. The SMILES string of the molecule is CSCC(C)(O)CNC(=O)C1(C)CCCC1N. The molecule has 1 aliphatic carbocycles. The quantitative estimate of drug-likeness (QED) is 0.681. The normalized spacial score (nSPS) is 32.2. The molecule has 4 N–H and O–H groups in total. The van der Waals surface area contributed by atoms with E-state index in [9.17, 15) is 9.90 Å². The third-order valence-corrected chi connectivity index (χ3v) is 4.54. The Morgan fingerprint density at radius 1 is 1.71 bits per heavy atom. The summed E-state index contributed by atoms with van der Waals surface area (Å²) in [4.78, 5) is 12.1. The second kappa shape index (κ2) is 5.59. The maximum absolute atomic E-state index is 12.1. The topological polar surface area (TPSA) is 75.3 Å². The molecule has 0 aromatic heterocycles. The smallest absolute Gasteiger partial charge is 0.227 e. The van der Waals surface area contributed by atoms with Crippen LogP contribution < -0.4 is 11.1 Å². The lowest BCUT2D eigenvalue weighted by Crippen LogP contribution is -2.51. The molecule has 4 nitrogen and oxygen atoms in total. The van der Waals surface area contributed by atoms with Gasteiger partial charge in [-0.2, -0.15) is 11.8 Å². The standard InChI is InChI=1S/C12H24N2O2S/c1-11(16,8-17-3)7-14-10(15)12(2)6-4-5-9(12)13/h9,16H,4-8,13H2,1-3H3,(H,14,15). The molecule has 1 aliphatic rings. The third kappa shape index (κ3) is 3.60. The summed E-state index contributed by atoms with van der Waals surface area (Å²) in [6, 6.07) is -0.0620. The highest BCUT2D eigenvalue weighted by atomic mass is 32.2. The molecule has 5 heteroatoms. The van der Waals surface area contributed by atoms with Gasteiger partial charge in [-0.1, -0.05) is 6.42 Å². The van der Waals surface area contributed by atoms with E-state index in [0.717, 1.165) is 19.3 Å². The molecule has 3 atom stereocenters. The zero-order chi connectivity index (χ0) is 13.1. The first kappa shape index (κ1) is 14.8. The van der Waals surface area contributed by atoms with Crippen LogP contribution in [-0.2, 0) is 4.79 Å². The second-order valence-electron chi connectivity index (χ2n) is 5.53. The number of carbonyl (C=O) groups is 1. The number of carbonyl (C=O) groups excluding carboxylic acids is 1. The first-order chi connectivity index (χ1) is 7.82. The van der Waals surface area contributed by atoms with Crippen LogP contribution in [0.15, 0.2) is 0 Å². The van der Waals surface area contributed by atoms with Gasteiger partial charge in [-0.15, -0.1) is 0 Å². The Labute approximate surface area is 108 Å². The summed E-state index contributed by atoms with van der Waals surface area (Å²) in [5, 5.41) is 12.8. The van der Waals surface area contributed by atoms with E-state index in [1.54, 1.807) is 18.7 Å². The summed E-state index contributed by atoms with van der Waals surface area (Å²) in [6.45, 7) is 3.94. The van der Waals surface area contributed by atoms with E-state index in [4.69, 9.17) is 5.73 Å². The maximum Gasteiger partial charge on any atom is 0.227 e. The monoisotopic (exact) mass is 260 g/mol. The molecule has 0 saturated heterocycles. The lowest BCUT2D eigenvalue weighted by Gasteiger charge is -2.30. The fourth-order valence-electron chi connectivity index (χ4n) is 2.31. The first-order valence-electron chi connectivity index (χ1n) is 6.07. The molecule has 3 unspecified atom stereocenters. The van der Waals surface area contributed by atoms with Crippen molar-refractivity contribution in [1.29, 1.82) is 0 Å². The van der Waals surface area contributed by atoms with E-state index >= 15 is 0 Å². The fraction of sp³-hybridized carbons (Fsp3) is 0.917. The van der Waals surface area contributed by atoms with Gasteiger partial charge < -0.3 is 16.2 Å². The van der Waals surface area contributed by atoms with Crippen molar-refractivity contribution in [3.8, 4) is 0 Å². The molecule has 17 heavy (non-hydrogen) atoms. The number of hydrogen-bond acceptors (Lipinski definition) is 4. The van der Waals surface area contributed by atoms with Crippen molar-refractivity contribution in [1.82, 2.24) is 5.32 Å². The van der Waals surface area contributed by atoms with Crippen molar-refractivity contribution in [2.45, 2.75) is 44.8 Å². The molecule has 0 spiro atoms. The molecule has 1 amide bonds. The average Bonchev–Trinajstić information content (AvgIpc) is 2.57. The van der Waals surface area contributed by atoms with Crippen LogP contribution in [-0.4, -0.2) is 41.2 Å². The number of hydrogen-bond donors (Lipinski definition) is 3. The zero-order valence-electron chi connectivity index (χ0n) is 11.0. The predicted octanol–water partition coefficient (Wildman–Crippen LogP) is 0.734. The zero-order valence-corrected chi connectivity index (χ0v) is 11.8. The molecule has 0 bridgehead atoms. The summed E-state index contributed by atoms with van der Waals surface area (Å²) in [6.07, 6.45) is 4.69. The van der Waals surface area contributed by atoms with Crippen molar-refractivity contribution in [2.24, 2.45) is 11.1 Å². The molecule has 1 rings (SSSR count). The van der Waals surface area contributed by atoms with Gasteiger partial charge in [0.2, 0.25) is 5.91 Å². The molecule has 0 aromatic rings. The summed E-state index contributed by atoms with van der Waals surface area (Å²) in [7, 11) is 0. The highest BCUT2D eigenvalue weighted by Gasteiger charge is 2.43. The molecule has 0 aromatic carbocycles. The van der Waals surface area contributed by atoms with Gasteiger partial charge in [0.05, 0.1) is 11.0 Å². The van der Waals surface area contributed by atoms with Crippen LogP contribution in [0.5, 0.6) is 0 Å². The van der Waals surface area contributed by atoms with Crippen molar-refractivity contribution in [3.63, 3.8) is 0 Å². The molecule has 1 saturated carbocycles. The molecule has 1 fully saturated rings. The van der Waals surface area contributed by atoms with Crippen molar-refractivity contribution in [2.75, 3.05) is 18.6 Å². The van der Waals surface area contributed by atoms with Crippen LogP contribution in [0.4, 0.5) is 0 Å². The van der Waals surface area contributed by atoms with Gasteiger partial charge in [-0.05, 0) is 32.9 Å². The Bertz CT molecular complexity index is 284. The molecule has 0 aliphatic heterocycles. The van der Waals surface area contributed by atoms with Crippen LogP contribution >= 0.6 is 11.8 Å². The number of rotatable bonds is 5. The summed E-state index contributed by atoms with van der Waals surface area (Å²) in [5.74, 6) is 0.583. The minimum absolute atomic E-state index is 0.0242. The maximum atomic E-state index is 12.1. The van der Waals surface area contributed by atoms with E-state index in [2.05, 4.69) is 5.32 Å². The van der Waals surface area contributed by atoms with E-state index in [-0.39, 0.29) is 18.5 Å². The fourth-order valence-corrected chi connectivity index (χ4v) is 3.03. The molecule has 0 heterocycles. The molecular weight excluding hydrogens is 236 g/mol. The summed E-state index contributed by atoms with van der Waals surface area (Å²) >= 11 is 1.57. The van der Waals surface area contributed by atoms with Gasteiger partial charge >= 0.3 is 0 Å². The van der Waals surface area contributed by atoms with Gasteiger partial charge in [-0.25, -0.2) is 0 Å². The molecule has 100 valence electrons. The summed E-state index contributed by atoms with van der Waals surface area (Å²) < 4.78 is 0. The Morgan fingerprint density at radius 3 is 2.82 bits per heavy atom. The minimum Gasteiger partial charge on any atom is -0.387 e. The van der Waals surface area contributed by atoms with Crippen molar-refractivity contribution >= 4 is 17.7 Å². The summed E-state index contributed by atoms with van der Waals surface area (Å²) in [5.41, 5.74) is 4.67. The van der Waals surface area contributed by atoms with E-state index < -0.39 is 11.0 Å². The Morgan fingerprint density at radius 2 is 2.35 bits per heavy atom. The van der Waals surface area contributed by atoms with Gasteiger partial charge in [0.15, 0.2) is 0 Å². The lowest BCUT2D eigenvalue weighted by molar-refractivity contribution is -0.131.